The van der Waals surface area contributed by atoms with Gasteiger partial charge in [0.15, 0.2) is 11.6 Å². The number of carbonyl (C=O) groups is 2. The lowest BCUT2D eigenvalue weighted by Gasteiger charge is -2.35. The molecular formula is C34H35ClF5N9O3. The third-order valence-corrected chi connectivity index (χ3v) is 9.61. The van der Waals surface area contributed by atoms with E-state index in [0.717, 1.165) is 11.0 Å². The summed E-state index contributed by atoms with van der Waals surface area (Å²) in [5.74, 6) is -1.70. The molecule has 0 radical (unpaired) electrons. The average molecular weight is 748 g/mol. The van der Waals surface area contributed by atoms with Crippen LogP contribution in [0, 0.1) is 10.8 Å². The largest absolute Gasteiger partial charge is 0.463 e. The van der Waals surface area contributed by atoms with Crippen molar-refractivity contribution < 1.29 is 36.3 Å². The van der Waals surface area contributed by atoms with Gasteiger partial charge in [0.25, 0.3) is 12.3 Å². The summed E-state index contributed by atoms with van der Waals surface area (Å²) in [5, 5.41) is 18.8. The van der Waals surface area contributed by atoms with Crippen LogP contribution >= 0.6 is 11.6 Å². The van der Waals surface area contributed by atoms with Crippen LogP contribution in [0.1, 0.15) is 75.9 Å². The van der Waals surface area contributed by atoms with Crippen LogP contribution in [0.15, 0.2) is 61.2 Å². The molecular weight excluding hydrogens is 713 g/mol. The fourth-order valence-electron chi connectivity index (χ4n) is 6.62. The number of nitrogens with one attached hydrogen (secondary N) is 1. The van der Waals surface area contributed by atoms with Crippen molar-refractivity contribution in [2.45, 2.75) is 70.6 Å². The molecule has 2 aliphatic rings. The quantitative estimate of drug-likeness (QED) is 0.133. The first-order chi connectivity index (χ1) is 24.4. The lowest BCUT2D eigenvalue weighted by atomic mass is 9.75. The standard InChI is InChI=1S/C34H35ClF5N9O3/c1-19-43-33(17-31(2,3)4,22-9-6-20(7-10-22)28-44-45-46-47(28)5)30(51)48(19)25(16-52-26(50)15-32(12-13-32)34(38,39)40)21-8-11-23(35)24(14-21)49-29(27(36)37)41-18-42-49/h6-11,14,18,25,27,43H,1,12-13,15-17H2,2-5H3/t25-,33-/m1/s1. The zero-order chi connectivity index (χ0) is 37.8. The number of halogens is 6. The Hall–Kier alpha value is -4.93. The number of amides is 1. The summed E-state index contributed by atoms with van der Waals surface area (Å²) in [5.41, 5.74) is -2.54. The smallest absolute Gasteiger partial charge is 0.395 e. The van der Waals surface area contributed by atoms with E-state index in [1.807, 2.05) is 20.8 Å². The second-order valence-corrected chi connectivity index (χ2v) is 14.7. The third kappa shape index (κ3) is 6.85. The maximum absolute atomic E-state index is 15.0. The molecule has 12 nitrogen and oxygen atoms in total. The van der Waals surface area contributed by atoms with Crippen LogP contribution in [0.3, 0.4) is 0 Å². The van der Waals surface area contributed by atoms with E-state index in [9.17, 15) is 31.5 Å². The Morgan fingerprint density at radius 1 is 1.12 bits per heavy atom. The van der Waals surface area contributed by atoms with Gasteiger partial charge in [0.05, 0.1) is 28.6 Å². The number of hydrogen-bond donors (Lipinski definition) is 1. The van der Waals surface area contributed by atoms with E-state index in [4.69, 9.17) is 16.3 Å². The van der Waals surface area contributed by atoms with Crippen molar-refractivity contribution in [3.05, 3.63) is 83.2 Å². The van der Waals surface area contributed by atoms with Crippen molar-refractivity contribution >= 4 is 23.5 Å². The predicted octanol–water partition coefficient (Wildman–Crippen LogP) is 6.60. The van der Waals surface area contributed by atoms with Gasteiger partial charge in [-0.25, -0.2) is 23.1 Å². The number of rotatable bonds is 11. The zero-order valence-corrected chi connectivity index (χ0v) is 29.3. The van der Waals surface area contributed by atoms with Crippen LogP contribution in [0.5, 0.6) is 0 Å². The number of carbonyl (C=O) groups excluding carboxylic acids is 2. The van der Waals surface area contributed by atoms with Crippen LogP contribution in [0.25, 0.3) is 17.1 Å². The Balaban J connectivity index is 1.41. The lowest BCUT2D eigenvalue weighted by Crippen LogP contribution is -2.47. The monoisotopic (exact) mass is 747 g/mol. The van der Waals surface area contributed by atoms with Crippen LogP contribution in [0.2, 0.25) is 5.02 Å². The summed E-state index contributed by atoms with van der Waals surface area (Å²) in [6, 6.07) is 10.1. The van der Waals surface area contributed by atoms with Gasteiger partial charge in [-0.1, -0.05) is 69.3 Å². The van der Waals surface area contributed by atoms with Gasteiger partial charge in [-0.2, -0.15) is 18.3 Å². The van der Waals surface area contributed by atoms with E-state index in [1.165, 1.54) is 27.8 Å². The summed E-state index contributed by atoms with van der Waals surface area (Å²) in [6.45, 7) is 9.39. The topological polar surface area (TPSA) is 133 Å². The highest BCUT2D eigenvalue weighted by molar-refractivity contribution is 6.32. The first-order valence-electron chi connectivity index (χ1n) is 16.2. The molecule has 1 saturated heterocycles. The van der Waals surface area contributed by atoms with Crippen LogP contribution in [-0.2, 0) is 26.9 Å². The Bertz CT molecular complexity index is 2000. The van der Waals surface area contributed by atoms with E-state index in [0.29, 0.717) is 17.0 Å². The van der Waals surface area contributed by atoms with Crippen molar-refractivity contribution in [1.82, 2.24) is 45.2 Å². The van der Waals surface area contributed by atoms with E-state index in [1.54, 1.807) is 31.3 Å². The molecule has 2 aromatic heterocycles. The summed E-state index contributed by atoms with van der Waals surface area (Å²) < 4.78 is 76.6. The number of esters is 1. The number of aryl methyl sites for hydroxylation is 1. The number of nitrogens with zero attached hydrogens (tertiary/aromatic N) is 8. The number of alkyl halides is 5. The minimum atomic E-state index is -4.59. The van der Waals surface area contributed by atoms with Crippen molar-refractivity contribution in [2.24, 2.45) is 17.9 Å². The molecule has 0 bridgehead atoms. The normalized spacial score (nSPS) is 19.2. The molecule has 6 rings (SSSR count). The fourth-order valence-corrected chi connectivity index (χ4v) is 6.82. The maximum atomic E-state index is 15.0. The van der Waals surface area contributed by atoms with Crippen LogP contribution in [0.4, 0.5) is 22.0 Å². The minimum absolute atomic E-state index is 0.0118. The molecule has 18 heteroatoms. The minimum Gasteiger partial charge on any atom is -0.463 e. The molecule has 52 heavy (non-hydrogen) atoms. The highest BCUT2D eigenvalue weighted by atomic mass is 35.5. The summed E-state index contributed by atoms with van der Waals surface area (Å²) in [7, 11) is 1.69. The Morgan fingerprint density at radius 3 is 2.38 bits per heavy atom. The molecule has 3 heterocycles. The predicted molar refractivity (Wildman–Crippen MR) is 176 cm³/mol. The summed E-state index contributed by atoms with van der Waals surface area (Å²) in [4.78, 5) is 32.8. The number of ether oxygens (including phenoxy) is 1. The molecule has 1 amide bonds. The molecule has 2 aromatic carbocycles. The average Bonchev–Trinajstić information content (AvgIpc) is 3.37. The zero-order valence-electron chi connectivity index (χ0n) is 28.6. The number of hydrogen-bond acceptors (Lipinski definition) is 9. The third-order valence-electron chi connectivity index (χ3n) is 9.29. The van der Waals surface area contributed by atoms with Gasteiger partial charge in [-0.15, -0.1) is 5.10 Å². The molecule has 0 spiro atoms. The van der Waals surface area contributed by atoms with Gasteiger partial charge in [0.2, 0.25) is 0 Å². The van der Waals surface area contributed by atoms with Gasteiger partial charge < -0.3 is 10.1 Å². The van der Waals surface area contributed by atoms with Crippen molar-refractivity contribution in [3.8, 4) is 17.1 Å². The molecule has 1 N–H and O–H groups in total. The lowest BCUT2D eigenvalue weighted by molar-refractivity contribution is -0.195. The number of aromatic nitrogens is 7. The summed E-state index contributed by atoms with van der Waals surface area (Å²) in [6.07, 6.45) is -7.71. The first-order valence-corrected chi connectivity index (χ1v) is 16.6. The van der Waals surface area contributed by atoms with Gasteiger partial charge in [-0.05, 0) is 58.4 Å². The fraction of sp³-hybridized carbons (Fsp3) is 0.441. The molecule has 1 aliphatic heterocycles. The molecule has 4 aromatic rings. The van der Waals surface area contributed by atoms with E-state index < -0.39 is 65.7 Å². The molecule has 1 saturated carbocycles. The molecule has 2 fully saturated rings. The number of tetrazole rings is 1. The molecule has 1 aliphatic carbocycles. The second-order valence-electron chi connectivity index (χ2n) is 14.3. The van der Waals surface area contributed by atoms with Gasteiger partial charge >= 0.3 is 12.1 Å². The van der Waals surface area contributed by atoms with Gasteiger partial charge in [-0.3, -0.25) is 14.5 Å². The van der Waals surface area contributed by atoms with Gasteiger partial charge in [0.1, 0.15) is 24.3 Å². The molecule has 0 unspecified atom stereocenters. The van der Waals surface area contributed by atoms with E-state index in [2.05, 4.69) is 37.5 Å². The van der Waals surface area contributed by atoms with Gasteiger partial charge in [0, 0.05) is 12.6 Å². The molecule has 276 valence electrons. The van der Waals surface area contributed by atoms with Crippen molar-refractivity contribution in [3.63, 3.8) is 0 Å². The van der Waals surface area contributed by atoms with Crippen molar-refractivity contribution in [1.29, 1.82) is 0 Å². The highest BCUT2D eigenvalue weighted by Gasteiger charge is 2.64. The Morgan fingerprint density at radius 2 is 1.81 bits per heavy atom. The van der Waals surface area contributed by atoms with E-state index in [-0.39, 0.29) is 41.4 Å². The molecule has 2 atom stereocenters. The summed E-state index contributed by atoms with van der Waals surface area (Å²) >= 11 is 6.44. The number of benzene rings is 2. The Labute approximate surface area is 300 Å². The van der Waals surface area contributed by atoms with Crippen LogP contribution in [-0.4, -0.2) is 64.5 Å². The SMILES string of the molecule is C=C1N[C@](CC(C)(C)C)(c2ccc(-c3nnnn3C)cc2)C(=O)N1[C@H](COC(=O)CC1(C(F)(F)F)CC1)c1ccc(Cl)c(-n2ncnc2C(F)F)c1. The maximum Gasteiger partial charge on any atom is 0.395 e. The van der Waals surface area contributed by atoms with Crippen LogP contribution < -0.4 is 5.32 Å². The van der Waals surface area contributed by atoms with E-state index >= 15 is 0 Å². The first kappa shape index (κ1) is 36.8. The highest BCUT2D eigenvalue weighted by Crippen LogP contribution is 2.60. The Kier molecular flexibility index (Phi) is 9.38. The second kappa shape index (κ2) is 13.2. The van der Waals surface area contributed by atoms with Crippen molar-refractivity contribution in [2.75, 3.05) is 6.61 Å².